The minimum absolute atomic E-state index is 1.08. The fourth-order valence-corrected chi connectivity index (χ4v) is 1.65. The van der Waals surface area contributed by atoms with E-state index in [0.29, 0.717) is 0 Å². The Balaban J connectivity index is 0.000000970. The molecule has 2 aromatic carbocycles. The van der Waals surface area contributed by atoms with Gasteiger partial charge in [-0.3, -0.25) is 0 Å². The van der Waals surface area contributed by atoms with E-state index in [1.54, 1.807) is 0 Å². The molecule has 0 fully saturated rings. The molecule has 0 heterocycles. The molecular formula is C14H7F10P. The Morgan fingerprint density at radius 2 is 0.480 bits per heavy atom. The molecule has 138 valence electrons. The van der Waals surface area contributed by atoms with Crippen LogP contribution in [0.5, 0.6) is 0 Å². The van der Waals surface area contributed by atoms with Crippen molar-refractivity contribution in [3.05, 3.63) is 58.2 Å². The summed E-state index contributed by atoms with van der Waals surface area (Å²) in [5.74, 6) is -26.6. The highest BCUT2D eigenvalue weighted by atomic mass is 31.1. The van der Waals surface area contributed by atoms with Gasteiger partial charge in [-0.1, -0.05) is 0 Å². The lowest BCUT2D eigenvalue weighted by molar-refractivity contribution is 0.370. The molecule has 0 amide bonds. The maximum atomic E-state index is 13.4. The van der Waals surface area contributed by atoms with Crippen LogP contribution < -0.4 is 0 Å². The minimum atomic E-state index is -2.68. The molecule has 0 nitrogen and oxygen atoms in total. The molecule has 0 unspecified atom stereocenters. The van der Waals surface area contributed by atoms with E-state index < -0.39 is 69.3 Å². The Hall–Kier alpha value is -1.83. The predicted octanol–water partition coefficient (Wildman–Crippen LogP) is 5.67. The summed E-state index contributed by atoms with van der Waals surface area (Å²) in [7, 11) is 1.08. The molecule has 0 aromatic heterocycles. The van der Waals surface area contributed by atoms with Crippen molar-refractivity contribution in [3.8, 4) is 11.1 Å². The standard InChI is InChI=1S/C12F10.C2H7P/c13-3-1(4(14)8(18)11(21)7(3)17)2-5(15)9(19)12(22)10(20)6(2)16;1-3-2/h;3H,1-2H3. The zero-order chi connectivity index (χ0) is 19.6. The molecule has 0 atom stereocenters. The lowest BCUT2D eigenvalue weighted by Crippen LogP contribution is -2.10. The van der Waals surface area contributed by atoms with E-state index in [2.05, 4.69) is 13.3 Å². The summed E-state index contributed by atoms with van der Waals surface area (Å²) in [6.07, 6.45) is 0. The number of hydrogen-bond donors (Lipinski definition) is 0. The van der Waals surface area contributed by atoms with Gasteiger partial charge in [-0.15, -0.1) is 8.58 Å². The number of benzene rings is 2. The summed E-state index contributed by atoms with van der Waals surface area (Å²) in [6.45, 7) is 4.31. The Morgan fingerprint density at radius 1 is 0.360 bits per heavy atom. The first kappa shape index (κ1) is 21.2. The van der Waals surface area contributed by atoms with E-state index in [9.17, 15) is 43.9 Å². The molecule has 0 saturated carbocycles. The van der Waals surface area contributed by atoms with Gasteiger partial charge in [0, 0.05) is 0 Å². The first-order chi connectivity index (χ1) is 11.5. The zero-order valence-corrected chi connectivity index (χ0v) is 13.3. The van der Waals surface area contributed by atoms with Gasteiger partial charge in [0.15, 0.2) is 46.5 Å². The summed E-state index contributed by atoms with van der Waals surface area (Å²) in [6, 6.07) is 0. The van der Waals surface area contributed by atoms with Gasteiger partial charge in [0.1, 0.15) is 0 Å². The molecule has 25 heavy (non-hydrogen) atoms. The normalized spacial score (nSPS) is 10.6. The molecule has 0 bridgehead atoms. The van der Waals surface area contributed by atoms with Gasteiger partial charge in [0.2, 0.25) is 11.6 Å². The van der Waals surface area contributed by atoms with Gasteiger partial charge < -0.3 is 0 Å². The first-order valence-corrected chi connectivity index (χ1v) is 8.14. The third-order valence-corrected chi connectivity index (χ3v) is 2.67. The monoisotopic (exact) mass is 396 g/mol. The van der Waals surface area contributed by atoms with E-state index in [1.165, 1.54) is 0 Å². The summed E-state index contributed by atoms with van der Waals surface area (Å²) in [5, 5.41) is 0. The maximum Gasteiger partial charge on any atom is 0.200 e. The largest absolute Gasteiger partial charge is 0.203 e. The van der Waals surface area contributed by atoms with Gasteiger partial charge >= 0.3 is 0 Å². The smallest absolute Gasteiger partial charge is 0.200 e. The molecule has 11 heteroatoms. The molecule has 0 aliphatic rings. The molecule has 0 saturated heterocycles. The zero-order valence-electron chi connectivity index (χ0n) is 12.3. The van der Waals surface area contributed by atoms with Crippen molar-refractivity contribution in [3.63, 3.8) is 0 Å². The van der Waals surface area contributed by atoms with Gasteiger partial charge in [-0.05, 0) is 13.3 Å². The molecule has 2 aromatic rings. The third-order valence-electron chi connectivity index (χ3n) is 2.67. The summed E-state index contributed by atoms with van der Waals surface area (Å²) >= 11 is 0. The minimum Gasteiger partial charge on any atom is -0.203 e. The van der Waals surface area contributed by atoms with E-state index in [0.717, 1.165) is 8.58 Å². The van der Waals surface area contributed by atoms with Crippen LogP contribution in [0.25, 0.3) is 11.1 Å². The van der Waals surface area contributed by atoms with Crippen molar-refractivity contribution in [2.24, 2.45) is 0 Å². The quantitative estimate of drug-likeness (QED) is 0.252. The molecule has 0 radical (unpaired) electrons. The average Bonchev–Trinajstić information content (AvgIpc) is 2.58. The second kappa shape index (κ2) is 8.03. The van der Waals surface area contributed by atoms with Crippen LogP contribution in [-0.4, -0.2) is 13.3 Å². The Kier molecular flexibility index (Phi) is 6.82. The molecule has 2 rings (SSSR count). The molecule has 0 spiro atoms. The van der Waals surface area contributed by atoms with E-state index >= 15 is 0 Å². The van der Waals surface area contributed by atoms with Crippen LogP contribution >= 0.6 is 8.58 Å². The van der Waals surface area contributed by atoms with Crippen molar-refractivity contribution >= 4 is 8.58 Å². The summed E-state index contributed by atoms with van der Waals surface area (Å²) in [5.41, 5.74) is -4.52. The van der Waals surface area contributed by atoms with E-state index in [-0.39, 0.29) is 0 Å². The molecular weight excluding hydrogens is 389 g/mol. The lowest BCUT2D eigenvalue weighted by atomic mass is 10.0. The fourth-order valence-electron chi connectivity index (χ4n) is 1.65. The van der Waals surface area contributed by atoms with Gasteiger partial charge in [-0.2, -0.15) is 0 Å². The van der Waals surface area contributed by atoms with Crippen molar-refractivity contribution < 1.29 is 43.9 Å². The topological polar surface area (TPSA) is 0 Å². The SMILES string of the molecule is CPC.Fc1c(F)c(F)c(-c2c(F)c(F)c(F)c(F)c2F)c(F)c1F. The van der Waals surface area contributed by atoms with Crippen molar-refractivity contribution in [1.82, 2.24) is 0 Å². The summed E-state index contributed by atoms with van der Waals surface area (Å²) in [4.78, 5) is 0. The Labute approximate surface area is 136 Å². The van der Waals surface area contributed by atoms with Crippen LogP contribution in [-0.2, 0) is 0 Å². The Bertz CT molecular complexity index is 693. The second-order valence-corrected chi connectivity index (χ2v) is 5.39. The maximum absolute atomic E-state index is 13.4. The Morgan fingerprint density at radius 3 is 0.640 bits per heavy atom. The van der Waals surface area contributed by atoms with Crippen LogP contribution in [0.1, 0.15) is 0 Å². The average molecular weight is 396 g/mol. The highest BCUT2D eigenvalue weighted by Crippen LogP contribution is 2.37. The van der Waals surface area contributed by atoms with E-state index in [4.69, 9.17) is 0 Å². The number of halogens is 10. The van der Waals surface area contributed by atoms with Crippen LogP contribution in [0, 0.1) is 58.2 Å². The van der Waals surface area contributed by atoms with Crippen LogP contribution in [0.15, 0.2) is 0 Å². The molecule has 0 aliphatic heterocycles. The predicted molar refractivity (Wildman–Crippen MR) is 71.6 cm³/mol. The van der Waals surface area contributed by atoms with Gasteiger partial charge in [0.05, 0.1) is 11.1 Å². The van der Waals surface area contributed by atoms with Crippen LogP contribution in [0.4, 0.5) is 43.9 Å². The lowest BCUT2D eigenvalue weighted by Gasteiger charge is -2.11. The van der Waals surface area contributed by atoms with Crippen molar-refractivity contribution in [1.29, 1.82) is 0 Å². The number of rotatable bonds is 1. The fraction of sp³-hybridized carbons (Fsp3) is 0.143. The highest BCUT2D eigenvalue weighted by Gasteiger charge is 2.34. The first-order valence-electron chi connectivity index (χ1n) is 6.14. The third kappa shape index (κ3) is 3.58. The van der Waals surface area contributed by atoms with Crippen molar-refractivity contribution in [2.75, 3.05) is 13.3 Å². The summed E-state index contributed by atoms with van der Waals surface area (Å²) < 4.78 is 131. The number of hydrogen-bond acceptors (Lipinski definition) is 0. The second-order valence-electron chi connectivity index (χ2n) is 4.39. The van der Waals surface area contributed by atoms with Crippen molar-refractivity contribution in [2.45, 2.75) is 0 Å². The molecule has 0 N–H and O–H groups in total. The van der Waals surface area contributed by atoms with Gasteiger partial charge in [0.25, 0.3) is 0 Å². The highest BCUT2D eigenvalue weighted by molar-refractivity contribution is 7.35. The van der Waals surface area contributed by atoms with Crippen LogP contribution in [0.2, 0.25) is 0 Å². The van der Waals surface area contributed by atoms with E-state index in [1.807, 2.05) is 0 Å². The van der Waals surface area contributed by atoms with Crippen LogP contribution in [0.3, 0.4) is 0 Å². The van der Waals surface area contributed by atoms with Gasteiger partial charge in [-0.25, -0.2) is 43.9 Å². The molecule has 0 aliphatic carbocycles.